The molecule has 14 heavy (non-hydrogen) atoms. The monoisotopic (exact) mass is 208 g/mol. The van der Waals surface area contributed by atoms with E-state index in [9.17, 15) is 0 Å². The van der Waals surface area contributed by atoms with Crippen LogP contribution in [0.25, 0.3) is 0 Å². The summed E-state index contributed by atoms with van der Waals surface area (Å²) < 4.78 is 0. The Kier molecular flexibility index (Phi) is 2.35. The summed E-state index contributed by atoms with van der Waals surface area (Å²) in [4.78, 5) is 0. The number of halogens is 1. The first kappa shape index (κ1) is 10.0. The van der Waals surface area contributed by atoms with E-state index in [1.165, 1.54) is 17.5 Å². The van der Waals surface area contributed by atoms with E-state index in [0.29, 0.717) is 5.41 Å². The molecule has 1 aliphatic carbocycles. The van der Waals surface area contributed by atoms with Crippen LogP contribution in [0.3, 0.4) is 0 Å². The minimum atomic E-state index is 0.391. The molecule has 0 spiro atoms. The van der Waals surface area contributed by atoms with Gasteiger partial charge >= 0.3 is 0 Å². The fourth-order valence-corrected chi connectivity index (χ4v) is 2.49. The van der Waals surface area contributed by atoms with Gasteiger partial charge in [-0.1, -0.05) is 44.5 Å². The summed E-state index contributed by atoms with van der Waals surface area (Å²) in [5.74, 6) is 0.748. The van der Waals surface area contributed by atoms with E-state index in [4.69, 9.17) is 11.6 Å². The summed E-state index contributed by atoms with van der Waals surface area (Å²) >= 11 is 6.19. The predicted octanol–water partition coefficient (Wildman–Crippen LogP) is 4.10. The molecule has 0 aromatic heterocycles. The van der Waals surface area contributed by atoms with Crippen LogP contribution < -0.4 is 0 Å². The molecule has 1 aromatic carbocycles. The van der Waals surface area contributed by atoms with Gasteiger partial charge in [0.25, 0.3) is 0 Å². The van der Waals surface area contributed by atoms with Crippen LogP contribution in [0.2, 0.25) is 5.02 Å². The second kappa shape index (κ2) is 3.27. The van der Waals surface area contributed by atoms with Crippen LogP contribution in [0.1, 0.15) is 31.9 Å². The number of hydrogen-bond acceptors (Lipinski definition) is 0. The van der Waals surface area contributed by atoms with Crippen LogP contribution >= 0.6 is 11.6 Å². The molecule has 1 atom stereocenters. The molecule has 0 saturated heterocycles. The van der Waals surface area contributed by atoms with E-state index in [-0.39, 0.29) is 0 Å². The lowest BCUT2D eigenvalue weighted by molar-refractivity contribution is 0.251. The maximum atomic E-state index is 6.19. The lowest BCUT2D eigenvalue weighted by atomic mass is 9.79. The maximum absolute atomic E-state index is 6.19. The van der Waals surface area contributed by atoms with Crippen molar-refractivity contribution in [1.82, 2.24) is 0 Å². The molecule has 0 heterocycles. The number of hydrogen-bond donors (Lipinski definition) is 0. The van der Waals surface area contributed by atoms with E-state index in [1.54, 1.807) is 0 Å². The van der Waals surface area contributed by atoms with Gasteiger partial charge in [-0.3, -0.25) is 0 Å². The molecule has 0 saturated carbocycles. The molecular weight excluding hydrogens is 192 g/mol. The van der Waals surface area contributed by atoms with E-state index in [2.05, 4.69) is 32.9 Å². The Labute approximate surface area is 91.3 Å². The standard InChI is InChI=1S/C13H17Cl/c1-13(2,3)10-7-9-5-4-6-12(14)11(9)8-10/h4-6,10H,7-8H2,1-3H3. The molecule has 0 bridgehead atoms. The molecule has 0 amide bonds. The minimum absolute atomic E-state index is 0.391. The van der Waals surface area contributed by atoms with E-state index < -0.39 is 0 Å². The minimum Gasteiger partial charge on any atom is -0.0840 e. The Balaban J connectivity index is 2.31. The fraction of sp³-hybridized carbons (Fsp3) is 0.538. The lowest BCUT2D eigenvalue weighted by Gasteiger charge is -2.26. The average Bonchev–Trinajstić information content (AvgIpc) is 2.48. The van der Waals surface area contributed by atoms with Gasteiger partial charge in [0.1, 0.15) is 0 Å². The topological polar surface area (TPSA) is 0 Å². The van der Waals surface area contributed by atoms with Gasteiger partial charge in [-0.25, -0.2) is 0 Å². The largest absolute Gasteiger partial charge is 0.0840 e. The molecule has 1 aromatic rings. The van der Waals surface area contributed by atoms with E-state index in [1.807, 2.05) is 6.07 Å². The van der Waals surface area contributed by atoms with Crippen molar-refractivity contribution < 1.29 is 0 Å². The van der Waals surface area contributed by atoms with Gasteiger partial charge in [0, 0.05) is 5.02 Å². The zero-order valence-corrected chi connectivity index (χ0v) is 9.86. The normalized spacial score (nSPS) is 21.0. The second-order valence-electron chi connectivity index (χ2n) is 5.35. The van der Waals surface area contributed by atoms with Crippen molar-refractivity contribution in [3.8, 4) is 0 Å². The third kappa shape index (κ3) is 1.68. The highest BCUT2D eigenvalue weighted by atomic mass is 35.5. The Morgan fingerprint density at radius 3 is 2.50 bits per heavy atom. The Hall–Kier alpha value is -0.490. The van der Waals surface area contributed by atoms with Gasteiger partial charge in [0.15, 0.2) is 0 Å². The highest BCUT2D eigenvalue weighted by Gasteiger charge is 2.31. The third-order valence-electron chi connectivity index (χ3n) is 3.36. The Bertz CT molecular complexity index is 347. The first-order valence-electron chi connectivity index (χ1n) is 5.25. The van der Waals surface area contributed by atoms with Gasteiger partial charge in [-0.05, 0) is 41.4 Å². The Morgan fingerprint density at radius 1 is 1.21 bits per heavy atom. The van der Waals surface area contributed by atoms with Crippen LogP contribution in [0.5, 0.6) is 0 Å². The number of benzene rings is 1. The SMILES string of the molecule is CC(C)(C)C1Cc2cccc(Cl)c2C1. The molecule has 1 heteroatoms. The van der Waals surface area contributed by atoms with Crippen LogP contribution in [0.15, 0.2) is 18.2 Å². The molecule has 0 radical (unpaired) electrons. The van der Waals surface area contributed by atoms with Gasteiger partial charge in [-0.15, -0.1) is 0 Å². The van der Waals surface area contributed by atoms with Gasteiger partial charge < -0.3 is 0 Å². The highest BCUT2D eigenvalue weighted by Crippen LogP contribution is 2.40. The molecule has 0 nitrogen and oxygen atoms in total. The zero-order chi connectivity index (χ0) is 10.3. The van der Waals surface area contributed by atoms with Crippen molar-refractivity contribution in [3.05, 3.63) is 34.3 Å². The average molecular weight is 209 g/mol. The first-order valence-corrected chi connectivity index (χ1v) is 5.62. The maximum Gasteiger partial charge on any atom is 0.0440 e. The molecule has 0 fully saturated rings. The smallest absolute Gasteiger partial charge is 0.0440 e. The van der Waals surface area contributed by atoms with Crippen molar-refractivity contribution in [2.75, 3.05) is 0 Å². The predicted molar refractivity (Wildman–Crippen MR) is 61.8 cm³/mol. The summed E-state index contributed by atoms with van der Waals surface area (Å²) in [6.07, 6.45) is 2.35. The molecule has 2 rings (SSSR count). The number of fused-ring (bicyclic) bond motifs is 1. The van der Waals surface area contributed by atoms with Crippen molar-refractivity contribution in [1.29, 1.82) is 0 Å². The second-order valence-corrected chi connectivity index (χ2v) is 5.76. The Morgan fingerprint density at radius 2 is 1.93 bits per heavy atom. The van der Waals surface area contributed by atoms with Crippen molar-refractivity contribution in [2.24, 2.45) is 11.3 Å². The van der Waals surface area contributed by atoms with E-state index >= 15 is 0 Å². The van der Waals surface area contributed by atoms with E-state index in [0.717, 1.165) is 17.4 Å². The zero-order valence-electron chi connectivity index (χ0n) is 9.10. The van der Waals surface area contributed by atoms with Gasteiger partial charge in [0.05, 0.1) is 0 Å². The van der Waals surface area contributed by atoms with Crippen LogP contribution in [0.4, 0.5) is 0 Å². The van der Waals surface area contributed by atoms with Crippen LogP contribution in [0, 0.1) is 11.3 Å². The van der Waals surface area contributed by atoms with Crippen LogP contribution in [-0.4, -0.2) is 0 Å². The molecule has 1 unspecified atom stereocenters. The summed E-state index contributed by atoms with van der Waals surface area (Å²) in [6.45, 7) is 6.95. The number of rotatable bonds is 0. The molecule has 76 valence electrons. The summed E-state index contributed by atoms with van der Waals surface area (Å²) in [7, 11) is 0. The van der Waals surface area contributed by atoms with Crippen molar-refractivity contribution >= 4 is 11.6 Å². The van der Waals surface area contributed by atoms with Gasteiger partial charge in [0.2, 0.25) is 0 Å². The first-order chi connectivity index (χ1) is 6.48. The van der Waals surface area contributed by atoms with Gasteiger partial charge in [-0.2, -0.15) is 0 Å². The summed E-state index contributed by atoms with van der Waals surface area (Å²) in [5, 5.41) is 0.953. The fourth-order valence-electron chi connectivity index (χ4n) is 2.22. The summed E-state index contributed by atoms with van der Waals surface area (Å²) in [6, 6.07) is 6.28. The van der Waals surface area contributed by atoms with Crippen molar-refractivity contribution in [2.45, 2.75) is 33.6 Å². The molecule has 1 aliphatic rings. The van der Waals surface area contributed by atoms with Crippen molar-refractivity contribution in [3.63, 3.8) is 0 Å². The molecule has 0 aliphatic heterocycles. The lowest BCUT2D eigenvalue weighted by Crippen LogP contribution is -2.20. The summed E-state index contributed by atoms with van der Waals surface area (Å²) in [5.41, 5.74) is 3.23. The highest BCUT2D eigenvalue weighted by molar-refractivity contribution is 6.31. The third-order valence-corrected chi connectivity index (χ3v) is 3.71. The quantitative estimate of drug-likeness (QED) is 0.602. The van der Waals surface area contributed by atoms with Crippen LogP contribution in [-0.2, 0) is 12.8 Å². The molecule has 0 N–H and O–H groups in total. The molecular formula is C13H17Cl.